The summed E-state index contributed by atoms with van der Waals surface area (Å²) >= 11 is 1.37. The van der Waals surface area contributed by atoms with Gasteiger partial charge in [-0.15, -0.1) is 11.3 Å². The van der Waals surface area contributed by atoms with Gasteiger partial charge in [0, 0.05) is 30.0 Å². The normalized spacial score (nSPS) is 17.7. The Balaban J connectivity index is 1.88. The maximum absolute atomic E-state index is 13.3. The molecule has 0 bridgehead atoms. The van der Waals surface area contributed by atoms with Gasteiger partial charge in [0.05, 0.1) is 7.11 Å². The Morgan fingerprint density at radius 2 is 2.08 bits per heavy atom. The number of anilines is 1. The van der Waals surface area contributed by atoms with E-state index in [1.807, 2.05) is 12.3 Å². The number of rotatable bonds is 4. The van der Waals surface area contributed by atoms with Gasteiger partial charge in [0.15, 0.2) is 16.6 Å². The number of H-pyrrole nitrogens is 1. The third-order valence-corrected chi connectivity index (χ3v) is 4.93. The molecule has 1 aliphatic rings. The van der Waals surface area contributed by atoms with Crippen molar-refractivity contribution < 1.29 is 13.5 Å². The smallest absolute Gasteiger partial charge is 0.295 e. The van der Waals surface area contributed by atoms with Gasteiger partial charge in [-0.3, -0.25) is 4.79 Å². The summed E-state index contributed by atoms with van der Waals surface area (Å²) in [4.78, 5) is 23.5. The van der Waals surface area contributed by atoms with E-state index in [2.05, 4.69) is 20.3 Å². The van der Waals surface area contributed by atoms with Crippen molar-refractivity contribution in [3.8, 4) is 16.6 Å². The van der Waals surface area contributed by atoms with Crippen LogP contribution >= 0.6 is 11.3 Å². The lowest BCUT2D eigenvalue weighted by Gasteiger charge is -2.29. The highest BCUT2D eigenvalue weighted by Crippen LogP contribution is 2.35. The molecule has 9 heteroatoms. The lowest BCUT2D eigenvalue weighted by molar-refractivity contribution is -0.0361. The molecule has 6 nitrogen and oxygen atoms in total. The number of ether oxygens (including phenoxy) is 1. The van der Waals surface area contributed by atoms with Gasteiger partial charge >= 0.3 is 0 Å². The van der Waals surface area contributed by atoms with Crippen LogP contribution in [0.15, 0.2) is 10.2 Å². The van der Waals surface area contributed by atoms with Crippen molar-refractivity contribution in [3.63, 3.8) is 0 Å². The number of aromatic amines is 1. The minimum atomic E-state index is -2.60. The predicted molar refractivity (Wildman–Crippen MR) is 88.1 cm³/mol. The summed E-state index contributed by atoms with van der Waals surface area (Å²) < 4.78 is 31.7. The first-order chi connectivity index (χ1) is 11.4. The molecule has 2 aromatic heterocycles. The van der Waals surface area contributed by atoms with Crippen LogP contribution in [0.3, 0.4) is 0 Å². The van der Waals surface area contributed by atoms with E-state index in [1.54, 1.807) is 0 Å². The maximum Gasteiger partial charge on any atom is 0.295 e. The lowest BCUT2D eigenvalue weighted by atomic mass is 9.92. The summed E-state index contributed by atoms with van der Waals surface area (Å²) in [6.07, 6.45) is 0.288. The standard InChI is InChI=1S/C15H18F2N4O2S/c1-8-7-24-14(18-8)12-20-11(10(23-2)13(22)21-12)19-9-3-5-15(16,17)6-4-9/h7,9H,3-6H2,1-2H3,(H2,19,20,21,22). The highest BCUT2D eigenvalue weighted by atomic mass is 32.1. The number of aromatic nitrogens is 3. The molecule has 0 atom stereocenters. The van der Waals surface area contributed by atoms with E-state index >= 15 is 0 Å². The van der Waals surface area contributed by atoms with Crippen LogP contribution in [0.2, 0.25) is 0 Å². The number of halogens is 2. The van der Waals surface area contributed by atoms with Crippen molar-refractivity contribution in [2.24, 2.45) is 0 Å². The fourth-order valence-electron chi connectivity index (χ4n) is 2.69. The summed E-state index contributed by atoms with van der Waals surface area (Å²) in [6.45, 7) is 1.85. The largest absolute Gasteiger partial charge is 0.489 e. The number of alkyl halides is 2. The molecule has 2 heterocycles. The molecule has 0 saturated heterocycles. The summed E-state index contributed by atoms with van der Waals surface area (Å²) in [5.74, 6) is -1.96. The fraction of sp³-hybridized carbons (Fsp3) is 0.533. The quantitative estimate of drug-likeness (QED) is 0.879. The predicted octanol–water partition coefficient (Wildman–Crippen LogP) is 3.20. The average Bonchev–Trinajstić information content (AvgIpc) is 2.96. The molecule has 2 N–H and O–H groups in total. The van der Waals surface area contributed by atoms with Crippen molar-refractivity contribution in [2.75, 3.05) is 12.4 Å². The second-order valence-electron chi connectivity index (χ2n) is 5.86. The molecule has 2 aromatic rings. The van der Waals surface area contributed by atoms with E-state index < -0.39 is 11.5 Å². The van der Waals surface area contributed by atoms with Crippen molar-refractivity contribution in [3.05, 3.63) is 21.4 Å². The second-order valence-corrected chi connectivity index (χ2v) is 6.72. The van der Waals surface area contributed by atoms with E-state index in [4.69, 9.17) is 4.74 Å². The monoisotopic (exact) mass is 356 g/mol. The highest BCUT2D eigenvalue weighted by molar-refractivity contribution is 7.13. The molecule has 1 saturated carbocycles. The molecular weight excluding hydrogens is 338 g/mol. The van der Waals surface area contributed by atoms with Crippen LogP contribution in [0.5, 0.6) is 5.75 Å². The average molecular weight is 356 g/mol. The van der Waals surface area contributed by atoms with Gasteiger partial charge in [0.1, 0.15) is 0 Å². The Morgan fingerprint density at radius 1 is 1.38 bits per heavy atom. The Bertz CT molecular complexity index is 780. The van der Waals surface area contributed by atoms with Gasteiger partial charge in [0.25, 0.3) is 5.56 Å². The Hall–Kier alpha value is -2.03. The zero-order valence-corrected chi connectivity index (χ0v) is 14.2. The fourth-order valence-corrected chi connectivity index (χ4v) is 3.43. The van der Waals surface area contributed by atoms with Crippen molar-refractivity contribution >= 4 is 17.2 Å². The van der Waals surface area contributed by atoms with E-state index in [9.17, 15) is 13.6 Å². The van der Waals surface area contributed by atoms with Gasteiger partial charge in [-0.25, -0.2) is 18.7 Å². The molecule has 24 heavy (non-hydrogen) atoms. The first-order valence-electron chi connectivity index (χ1n) is 7.63. The molecule has 0 amide bonds. The van der Waals surface area contributed by atoms with Gasteiger partial charge in [-0.1, -0.05) is 0 Å². The number of nitrogens with zero attached hydrogens (tertiary/aromatic N) is 2. The molecule has 0 aliphatic heterocycles. The van der Waals surface area contributed by atoms with Crippen molar-refractivity contribution in [1.29, 1.82) is 0 Å². The third kappa shape index (κ3) is 3.55. The van der Waals surface area contributed by atoms with Crippen LogP contribution in [0.25, 0.3) is 10.8 Å². The highest BCUT2D eigenvalue weighted by Gasteiger charge is 2.35. The Morgan fingerprint density at radius 3 is 2.67 bits per heavy atom. The van der Waals surface area contributed by atoms with Gasteiger partial charge in [-0.2, -0.15) is 0 Å². The third-order valence-electron chi connectivity index (χ3n) is 3.96. The molecular formula is C15H18F2N4O2S. The van der Waals surface area contributed by atoms with Gasteiger partial charge < -0.3 is 15.0 Å². The number of aryl methyl sites for hydroxylation is 1. The lowest BCUT2D eigenvalue weighted by Crippen LogP contribution is -2.33. The minimum Gasteiger partial charge on any atom is -0.489 e. The molecule has 1 fully saturated rings. The number of hydrogen-bond acceptors (Lipinski definition) is 6. The van der Waals surface area contributed by atoms with Crippen LogP contribution in [0.4, 0.5) is 14.6 Å². The van der Waals surface area contributed by atoms with Crippen LogP contribution in [-0.4, -0.2) is 34.0 Å². The molecule has 0 aromatic carbocycles. The topological polar surface area (TPSA) is 79.9 Å². The van der Waals surface area contributed by atoms with Gasteiger partial charge in [0.2, 0.25) is 11.7 Å². The van der Waals surface area contributed by atoms with E-state index in [0.717, 1.165) is 5.69 Å². The molecule has 0 unspecified atom stereocenters. The Kier molecular flexibility index (Phi) is 4.53. The zero-order valence-electron chi connectivity index (χ0n) is 13.4. The summed E-state index contributed by atoms with van der Waals surface area (Å²) in [5.41, 5.74) is 0.400. The summed E-state index contributed by atoms with van der Waals surface area (Å²) in [6, 6.07) is -0.168. The van der Waals surface area contributed by atoms with E-state index in [0.29, 0.717) is 23.7 Å². The van der Waals surface area contributed by atoms with Crippen molar-refractivity contribution in [2.45, 2.75) is 44.6 Å². The molecule has 0 radical (unpaired) electrons. The number of methoxy groups -OCH3 is 1. The number of thiazole rings is 1. The second kappa shape index (κ2) is 6.46. The van der Waals surface area contributed by atoms with Crippen LogP contribution in [0, 0.1) is 6.92 Å². The SMILES string of the molecule is COc1c(NC2CCC(F)(F)CC2)nc(-c2nc(C)cs2)[nH]c1=O. The first kappa shape index (κ1) is 16.8. The van der Waals surface area contributed by atoms with Crippen LogP contribution < -0.4 is 15.6 Å². The number of nitrogens with one attached hydrogen (secondary N) is 2. The van der Waals surface area contributed by atoms with Gasteiger partial charge in [-0.05, 0) is 19.8 Å². The van der Waals surface area contributed by atoms with Crippen LogP contribution in [0.1, 0.15) is 31.4 Å². The first-order valence-corrected chi connectivity index (χ1v) is 8.51. The number of hydrogen-bond donors (Lipinski definition) is 2. The molecule has 0 spiro atoms. The molecule has 1 aliphatic carbocycles. The summed E-state index contributed by atoms with van der Waals surface area (Å²) in [5, 5.41) is 5.53. The zero-order chi connectivity index (χ0) is 17.3. The minimum absolute atomic E-state index is 0.0457. The van der Waals surface area contributed by atoms with Crippen LogP contribution in [-0.2, 0) is 0 Å². The maximum atomic E-state index is 13.3. The van der Waals surface area contributed by atoms with E-state index in [-0.39, 0.29) is 30.5 Å². The summed E-state index contributed by atoms with van der Waals surface area (Å²) in [7, 11) is 1.37. The molecule has 3 rings (SSSR count). The van der Waals surface area contributed by atoms with Crippen molar-refractivity contribution in [1.82, 2.24) is 15.0 Å². The molecule has 130 valence electrons. The Labute approximate surface area is 141 Å². The van der Waals surface area contributed by atoms with E-state index in [1.165, 1.54) is 18.4 Å².